The number of carbonyl (C=O) groups excluding carboxylic acids is 1. The van der Waals surface area contributed by atoms with Gasteiger partial charge in [-0.2, -0.15) is 26.0 Å². The van der Waals surface area contributed by atoms with Gasteiger partial charge in [-0.25, -0.2) is 0 Å². The van der Waals surface area contributed by atoms with Crippen molar-refractivity contribution in [3.63, 3.8) is 0 Å². The number of esters is 1. The molecule has 3 saturated carbocycles. The number of alkyl halides is 4. The van der Waals surface area contributed by atoms with E-state index in [2.05, 4.69) is 0 Å². The first-order valence-corrected chi connectivity index (χ1v) is 11.4. The van der Waals surface area contributed by atoms with Crippen molar-refractivity contribution in [1.82, 2.24) is 0 Å². The highest BCUT2D eigenvalue weighted by molar-refractivity contribution is 7.87. The SMILES string of the molecule is O=C(OCCC(F)(F)C(F)(F)S(=O)(=O)O)C1C(C2(O)CCCC2)C1C1(O)CCCC1. The minimum atomic E-state index is -6.36. The molecule has 0 saturated heterocycles. The predicted octanol–water partition coefficient (Wildman–Crippen LogP) is 2.51. The summed E-state index contributed by atoms with van der Waals surface area (Å²) < 4.78 is 87.7. The highest BCUT2D eigenvalue weighted by Crippen LogP contribution is 2.64. The largest absolute Gasteiger partial charge is 0.465 e. The van der Waals surface area contributed by atoms with Crippen LogP contribution < -0.4 is 0 Å². The fraction of sp³-hybridized carbons (Fsp3) is 0.944. The lowest BCUT2D eigenvalue weighted by atomic mass is 9.87. The first-order valence-electron chi connectivity index (χ1n) is 10.0. The highest BCUT2D eigenvalue weighted by atomic mass is 32.2. The van der Waals surface area contributed by atoms with Crippen molar-refractivity contribution in [3.8, 4) is 0 Å². The number of hydrogen-bond acceptors (Lipinski definition) is 6. The molecule has 3 aliphatic rings. The summed E-state index contributed by atoms with van der Waals surface area (Å²) in [6, 6.07) is 0. The van der Waals surface area contributed by atoms with Gasteiger partial charge in [-0.3, -0.25) is 9.35 Å². The Morgan fingerprint density at radius 2 is 1.33 bits per heavy atom. The van der Waals surface area contributed by atoms with E-state index in [0.29, 0.717) is 25.7 Å². The Labute approximate surface area is 171 Å². The minimum Gasteiger partial charge on any atom is -0.465 e. The second-order valence-electron chi connectivity index (χ2n) is 8.81. The summed E-state index contributed by atoms with van der Waals surface area (Å²) in [5.41, 5.74) is -2.34. The first-order chi connectivity index (χ1) is 13.7. The number of ether oxygens (including phenoxy) is 1. The van der Waals surface area contributed by atoms with Crippen LogP contribution in [-0.4, -0.2) is 58.1 Å². The van der Waals surface area contributed by atoms with E-state index < -0.39 is 69.2 Å². The Bertz CT molecular complexity index is 745. The molecule has 0 heterocycles. The summed E-state index contributed by atoms with van der Waals surface area (Å²) in [5.74, 6) is -8.29. The van der Waals surface area contributed by atoms with Gasteiger partial charge in [0, 0.05) is 11.8 Å². The van der Waals surface area contributed by atoms with Gasteiger partial charge in [-0.1, -0.05) is 25.7 Å². The average Bonchev–Trinajstić information content (AvgIpc) is 3.02. The number of halogens is 4. The lowest BCUT2D eigenvalue weighted by Crippen LogP contribution is -2.47. The predicted molar refractivity (Wildman–Crippen MR) is 94.3 cm³/mol. The van der Waals surface area contributed by atoms with Gasteiger partial charge >= 0.3 is 27.3 Å². The molecule has 174 valence electrons. The van der Waals surface area contributed by atoms with Crippen LogP contribution in [-0.2, 0) is 19.6 Å². The number of hydrogen-bond donors (Lipinski definition) is 3. The van der Waals surface area contributed by atoms with Crippen LogP contribution in [0.25, 0.3) is 0 Å². The zero-order valence-electron chi connectivity index (χ0n) is 16.2. The average molecular weight is 462 g/mol. The summed E-state index contributed by atoms with van der Waals surface area (Å²) in [6.07, 6.45) is 2.92. The van der Waals surface area contributed by atoms with Crippen molar-refractivity contribution in [3.05, 3.63) is 0 Å². The maximum absolute atomic E-state index is 13.6. The van der Waals surface area contributed by atoms with Crippen molar-refractivity contribution in [2.75, 3.05) is 6.61 Å². The summed E-state index contributed by atoms with van der Waals surface area (Å²) in [7, 11) is -6.36. The molecule has 0 bridgehead atoms. The zero-order valence-corrected chi connectivity index (χ0v) is 17.0. The zero-order chi connectivity index (χ0) is 22.6. The Morgan fingerprint density at radius 1 is 0.933 bits per heavy atom. The summed E-state index contributed by atoms with van der Waals surface area (Å²) in [6.45, 7) is -1.20. The van der Waals surface area contributed by atoms with E-state index in [1.807, 2.05) is 0 Å². The van der Waals surface area contributed by atoms with Gasteiger partial charge in [0.05, 0.1) is 30.1 Å². The Kier molecular flexibility index (Phi) is 5.97. The van der Waals surface area contributed by atoms with E-state index in [1.165, 1.54) is 0 Å². The monoisotopic (exact) mass is 462 g/mol. The molecule has 3 rings (SSSR count). The molecule has 0 radical (unpaired) electrons. The van der Waals surface area contributed by atoms with E-state index in [-0.39, 0.29) is 0 Å². The Morgan fingerprint density at radius 3 is 1.70 bits per heavy atom. The molecule has 0 aromatic carbocycles. The molecule has 3 aliphatic carbocycles. The van der Waals surface area contributed by atoms with Crippen LogP contribution in [0.5, 0.6) is 0 Å². The third-order valence-electron chi connectivity index (χ3n) is 6.88. The smallest absolute Gasteiger partial charge is 0.431 e. The molecule has 2 unspecified atom stereocenters. The molecule has 3 N–H and O–H groups in total. The maximum atomic E-state index is 13.6. The molecule has 7 nitrogen and oxygen atoms in total. The third kappa shape index (κ3) is 3.95. The Balaban J connectivity index is 1.66. The van der Waals surface area contributed by atoms with Crippen LogP contribution >= 0.6 is 0 Å². The van der Waals surface area contributed by atoms with Crippen molar-refractivity contribution < 1.29 is 50.3 Å². The van der Waals surface area contributed by atoms with E-state index in [0.717, 1.165) is 25.7 Å². The molecule has 2 atom stereocenters. The van der Waals surface area contributed by atoms with Crippen LogP contribution in [0, 0.1) is 17.8 Å². The van der Waals surface area contributed by atoms with Crippen molar-refractivity contribution >= 4 is 16.1 Å². The van der Waals surface area contributed by atoms with Crippen LogP contribution in [0.1, 0.15) is 57.8 Å². The molecule has 0 aromatic rings. The van der Waals surface area contributed by atoms with E-state index >= 15 is 0 Å². The lowest BCUT2D eigenvalue weighted by Gasteiger charge is -2.27. The molecular formula is C18H26F4O7S. The topological polar surface area (TPSA) is 121 Å². The molecule has 0 aliphatic heterocycles. The normalized spacial score (nSPS) is 31.0. The van der Waals surface area contributed by atoms with Gasteiger partial charge in [0.15, 0.2) is 0 Å². The molecule has 0 spiro atoms. The fourth-order valence-electron chi connectivity index (χ4n) is 5.29. The van der Waals surface area contributed by atoms with Gasteiger partial charge in [0.1, 0.15) is 0 Å². The Hall–Kier alpha value is -0.980. The van der Waals surface area contributed by atoms with E-state index in [9.17, 15) is 41.0 Å². The first kappa shape index (κ1) is 23.7. The molecule has 3 fully saturated rings. The quantitative estimate of drug-likeness (QED) is 0.288. The van der Waals surface area contributed by atoms with Crippen molar-refractivity contribution in [2.45, 2.75) is 80.2 Å². The molecule has 12 heteroatoms. The molecule has 0 amide bonds. The van der Waals surface area contributed by atoms with E-state index in [1.54, 1.807) is 0 Å². The molecule has 0 aromatic heterocycles. The summed E-state index contributed by atoms with van der Waals surface area (Å²) in [5, 5.41) is 16.1. The van der Waals surface area contributed by atoms with Crippen LogP contribution in [0.4, 0.5) is 17.6 Å². The minimum absolute atomic E-state index is 0.437. The van der Waals surface area contributed by atoms with Crippen LogP contribution in [0.3, 0.4) is 0 Å². The van der Waals surface area contributed by atoms with Gasteiger partial charge in [0.25, 0.3) is 0 Å². The van der Waals surface area contributed by atoms with Gasteiger partial charge < -0.3 is 14.9 Å². The third-order valence-corrected chi connectivity index (χ3v) is 7.83. The van der Waals surface area contributed by atoms with Crippen LogP contribution in [0.15, 0.2) is 0 Å². The standard InChI is InChI=1S/C18H26F4O7S/c19-17(20,18(21,22)30(26,27)28)9-10-29-14(23)11-12(15(24)5-1-2-6-15)13(11)16(25)7-3-4-8-16/h11-13,24-25H,1-10H2,(H,26,27,28). The van der Waals surface area contributed by atoms with Gasteiger partial charge in [-0.15, -0.1) is 0 Å². The summed E-state index contributed by atoms with van der Waals surface area (Å²) >= 11 is 0. The van der Waals surface area contributed by atoms with Crippen molar-refractivity contribution in [2.24, 2.45) is 17.8 Å². The molecule has 30 heavy (non-hydrogen) atoms. The van der Waals surface area contributed by atoms with Crippen molar-refractivity contribution in [1.29, 1.82) is 0 Å². The highest BCUT2D eigenvalue weighted by Gasteiger charge is 2.71. The fourth-order valence-corrected chi connectivity index (χ4v) is 5.77. The second-order valence-corrected chi connectivity index (χ2v) is 10.3. The summed E-state index contributed by atoms with van der Waals surface area (Å²) in [4.78, 5) is 12.5. The lowest BCUT2D eigenvalue weighted by molar-refractivity contribution is -0.175. The maximum Gasteiger partial charge on any atom is 0.431 e. The number of carbonyl (C=O) groups is 1. The van der Waals surface area contributed by atoms with Crippen LogP contribution in [0.2, 0.25) is 0 Å². The van der Waals surface area contributed by atoms with Gasteiger partial charge in [-0.05, 0) is 25.7 Å². The number of aliphatic hydroxyl groups is 2. The second kappa shape index (κ2) is 7.56. The van der Waals surface area contributed by atoms with Gasteiger partial charge in [0.2, 0.25) is 0 Å². The number of rotatable bonds is 8. The van der Waals surface area contributed by atoms with E-state index in [4.69, 9.17) is 9.29 Å². The molecular weight excluding hydrogens is 436 g/mol.